The van der Waals surface area contributed by atoms with Crippen LogP contribution in [0.1, 0.15) is 24.5 Å². The normalized spacial score (nSPS) is 18.8. The van der Waals surface area contributed by atoms with Crippen molar-refractivity contribution in [3.63, 3.8) is 0 Å². The Kier molecular flexibility index (Phi) is 3.74. The van der Waals surface area contributed by atoms with Crippen LogP contribution >= 0.6 is 0 Å². The zero-order valence-corrected chi connectivity index (χ0v) is 11.3. The van der Waals surface area contributed by atoms with Crippen LogP contribution in [0.3, 0.4) is 0 Å². The van der Waals surface area contributed by atoms with Gasteiger partial charge >= 0.3 is 0 Å². The number of halogens is 2. The molecule has 22 heavy (non-hydrogen) atoms. The molecule has 0 saturated carbocycles. The second kappa shape index (κ2) is 5.70. The second-order valence-corrected chi connectivity index (χ2v) is 4.93. The maximum Gasteiger partial charge on any atom is 0.272 e. The van der Waals surface area contributed by atoms with Crippen molar-refractivity contribution in [3.8, 4) is 5.75 Å². The molecule has 3 rings (SSSR count). The van der Waals surface area contributed by atoms with Crippen LogP contribution in [0.5, 0.6) is 5.75 Å². The molecule has 0 radical (unpaired) electrons. The first kappa shape index (κ1) is 14.4. The second-order valence-electron chi connectivity index (χ2n) is 4.93. The Hall–Kier alpha value is -2.51. The Labute approximate surface area is 123 Å². The van der Waals surface area contributed by atoms with E-state index in [1.54, 1.807) is 6.07 Å². The van der Waals surface area contributed by atoms with Crippen LogP contribution in [-0.2, 0) is 9.59 Å². The van der Waals surface area contributed by atoms with E-state index in [0.29, 0.717) is 23.1 Å². The van der Waals surface area contributed by atoms with E-state index in [9.17, 15) is 18.4 Å². The van der Waals surface area contributed by atoms with Gasteiger partial charge in [-0.05, 0) is 24.6 Å². The minimum absolute atomic E-state index is 0.215. The predicted molar refractivity (Wildman–Crippen MR) is 70.6 cm³/mol. The average molecular weight is 310 g/mol. The summed E-state index contributed by atoms with van der Waals surface area (Å²) < 4.78 is 34.5. The van der Waals surface area contributed by atoms with E-state index in [0.717, 1.165) is 0 Å². The number of hydrogen-bond donors (Lipinski definition) is 1. The first-order chi connectivity index (χ1) is 10.5. The summed E-state index contributed by atoms with van der Waals surface area (Å²) in [5.74, 6) is -1.13. The molecule has 1 aromatic carbocycles. The Morgan fingerprint density at radius 3 is 2.95 bits per heavy atom. The molecule has 2 amide bonds. The highest BCUT2D eigenvalue weighted by Gasteiger charge is 2.31. The summed E-state index contributed by atoms with van der Waals surface area (Å²) in [5, 5.41) is 6.64. The summed E-state index contributed by atoms with van der Waals surface area (Å²) in [6.45, 7) is -0.718. The van der Waals surface area contributed by atoms with Crippen molar-refractivity contribution in [2.24, 2.45) is 0 Å². The highest BCUT2D eigenvalue weighted by Crippen LogP contribution is 2.32. The fourth-order valence-electron chi connectivity index (χ4n) is 2.39. The van der Waals surface area contributed by atoms with E-state index in [1.807, 2.05) is 0 Å². The molecule has 0 bridgehead atoms. The first-order valence-corrected chi connectivity index (χ1v) is 6.68. The first-order valence-electron chi connectivity index (χ1n) is 6.68. The number of benzene rings is 1. The van der Waals surface area contributed by atoms with Crippen molar-refractivity contribution >= 4 is 22.8 Å². The number of ether oxygens (including phenoxy) is 1. The van der Waals surface area contributed by atoms with Gasteiger partial charge in [0.1, 0.15) is 18.1 Å². The van der Waals surface area contributed by atoms with Gasteiger partial charge in [-0.1, -0.05) is 5.16 Å². The predicted octanol–water partition coefficient (Wildman–Crippen LogP) is 1.99. The van der Waals surface area contributed by atoms with E-state index in [4.69, 9.17) is 9.26 Å². The van der Waals surface area contributed by atoms with Crippen LogP contribution in [0.15, 0.2) is 22.7 Å². The van der Waals surface area contributed by atoms with Gasteiger partial charge in [-0.3, -0.25) is 14.9 Å². The molecule has 0 spiro atoms. The molecule has 1 fully saturated rings. The number of hydrogen-bond acceptors (Lipinski definition) is 5. The molecule has 1 atom stereocenters. The molecule has 2 aromatic rings. The van der Waals surface area contributed by atoms with Crippen LogP contribution in [0, 0.1) is 0 Å². The lowest BCUT2D eigenvalue weighted by Crippen LogP contribution is -2.39. The van der Waals surface area contributed by atoms with Crippen LogP contribution in [0.2, 0.25) is 0 Å². The molecule has 0 aliphatic carbocycles. The third-order valence-electron chi connectivity index (χ3n) is 3.41. The fraction of sp³-hybridized carbons (Fsp3) is 0.357. The summed E-state index contributed by atoms with van der Waals surface area (Å²) in [7, 11) is 0. The van der Waals surface area contributed by atoms with E-state index in [-0.39, 0.29) is 18.1 Å². The standard InChI is InChI=1S/C14H12F2N2O4/c15-11(16)6-21-7-1-3-10-9(5-7)13(18-22-10)8-2-4-12(19)17-14(8)20/h1,3,5,8,11H,2,4,6H2,(H,17,19,20). The van der Waals surface area contributed by atoms with Crippen molar-refractivity contribution in [1.82, 2.24) is 10.5 Å². The SMILES string of the molecule is O=C1CCC(c2noc3ccc(OCC(F)F)cc23)C(=O)N1. The van der Waals surface area contributed by atoms with E-state index in [1.165, 1.54) is 12.1 Å². The molecule has 6 nitrogen and oxygen atoms in total. The maximum atomic E-state index is 12.2. The third kappa shape index (κ3) is 2.76. The topological polar surface area (TPSA) is 81.4 Å². The smallest absolute Gasteiger partial charge is 0.272 e. The minimum atomic E-state index is -2.58. The van der Waals surface area contributed by atoms with Gasteiger partial charge in [0.25, 0.3) is 6.43 Å². The molecular formula is C14H12F2N2O4. The third-order valence-corrected chi connectivity index (χ3v) is 3.41. The highest BCUT2D eigenvalue weighted by molar-refractivity contribution is 6.02. The summed E-state index contributed by atoms with van der Waals surface area (Å²) >= 11 is 0. The molecule has 2 heterocycles. The lowest BCUT2D eigenvalue weighted by Gasteiger charge is -2.18. The Morgan fingerprint density at radius 2 is 2.23 bits per heavy atom. The van der Waals surface area contributed by atoms with Crippen molar-refractivity contribution < 1.29 is 27.6 Å². The van der Waals surface area contributed by atoms with Crippen LogP contribution in [-0.4, -0.2) is 30.0 Å². The van der Waals surface area contributed by atoms with Crippen molar-refractivity contribution in [2.75, 3.05) is 6.61 Å². The van der Waals surface area contributed by atoms with Gasteiger partial charge in [-0.25, -0.2) is 8.78 Å². The Bertz CT molecular complexity index is 729. The largest absolute Gasteiger partial charge is 0.488 e. The van der Waals surface area contributed by atoms with Crippen molar-refractivity contribution in [1.29, 1.82) is 0 Å². The average Bonchev–Trinajstić information content (AvgIpc) is 2.88. The van der Waals surface area contributed by atoms with Crippen LogP contribution in [0.4, 0.5) is 8.78 Å². The summed E-state index contributed by atoms with van der Waals surface area (Å²) in [6, 6.07) is 4.54. The number of rotatable bonds is 4. The van der Waals surface area contributed by atoms with Gasteiger partial charge in [0.15, 0.2) is 5.58 Å². The number of imide groups is 1. The molecule has 1 unspecified atom stereocenters. The van der Waals surface area contributed by atoms with Crippen LogP contribution < -0.4 is 10.1 Å². The van der Waals surface area contributed by atoms with Gasteiger partial charge in [-0.2, -0.15) is 0 Å². The minimum Gasteiger partial charge on any atom is -0.488 e. The summed E-state index contributed by atoms with van der Waals surface area (Å²) in [6.07, 6.45) is -2.03. The number of nitrogens with one attached hydrogen (secondary N) is 1. The van der Waals surface area contributed by atoms with Gasteiger partial charge in [0.2, 0.25) is 11.8 Å². The lowest BCUT2D eigenvalue weighted by atomic mass is 9.93. The molecule has 1 saturated heterocycles. The molecule has 116 valence electrons. The van der Waals surface area contributed by atoms with E-state index >= 15 is 0 Å². The van der Waals surface area contributed by atoms with Gasteiger partial charge in [0.05, 0.1) is 5.92 Å². The molecule has 1 N–H and O–H groups in total. The number of carbonyl (C=O) groups is 2. The van der Waals surface area contributed by atoms with Gasteiger partial charge in [0, 0.05) is 11.8 Å². The van der Waals surface area contributed by atoms with Crippen molar-refractivity contribution in [2.45, 2.75) is 25.2 Å². The number of alkyl halides is 2. The Balaban J connectivity index is 1.91. The monoisotopic (exact) mass is 310 g/mol. The zero-order valence-electron chi connectivity index (χ0n) is 11.3. The number of nitrogens with zero attached hydrogens (tertiary/aromatic N) is 1. The Morgan fingerprint density at radius 1 is 1.41 bits per heavy atom. The maximum absolute atomic E-state index is 12.2. The van der Waals surface area contributed by atoms with E-state index < -0.39 is 24.9 Å². The number of aromatic nitrogens is 1. The fourth-order valence-corrected chi connectivity index (χ4v) is 2.39. The lowest BCUT2D eigenvalue weighted by molar-refractivity contribution is -0.134. The van der Waals surface area contributed by atoms with Crippen LogP contribution in [0.25, 0.3) is 11.0 Å². The number of piperidine rings is 1. The van der Waals surface area contributed by atoms with Gasteiger partial charge < -0.3 is 9.26 Å². The highest BCUT2D eigenvalue weighted by atomic mass is 19.3. The quantitative estimate of drug-likeness (QED) is 0.873. The molecule has 1 aromatic heterocycles. The summed E-state index contributed by atoms with van der Waals surface area (Å²) in [4.78, 5) is 23.1. The zero-order chi connectivity index (χ0) is 15.7. The van der Waals surface area contributed by atoms with Gasteiger partial charge in [-0.15, -0.1) is 0 Å². The number of amides is 2. The number of fused-ring (bicyclic) bond motifs is 1. The molecule has 1 aliphatic rings. The molecular weight excluding hydrogens is 298 g/mol. The summed E-state index contributed by atoms with van der Waals surface area (Å²) in [5.41, 5.74) is 0.798. The molecule has 1 aliphatic heterocycles. The number of carbonyl (C=O) groups excluding carboxylic acids is 2. The van der Waals surface area contributed by atoms with Crippen molar-refractivity contribution in [3.05, 3.63) is 23.9 Å². The molecule has 8 heteroatoms. The van der Waals surface area contributed by atoms with E-state index in [2.05, 4.69) is 10.5 Å².